The maximum atomic E-state index is 6.06. The molecule has 0 aliphatic carbocycles. The first kappa shape index (κ1) is 13.1. The van der Waals surface area contributed by atoms with Crippen molar-refractivity contribution in [3.8, 4) is 0 Å². The molecule has 0 heterocycles. The molecule has 0 radical (unpaired) electrons. The molecule has 2 rings (SSSR count). The van der Waals surface area contributed by atoms with Crippen LogP contribution < -0.4 is 0 Å². The number of halogens is 3. The molecule has 0 nitrogen and oxygen atoms in total. The van der Waals surface area contributed by atoms with E-state index < -0.39 is 0 Å². The van der Waals surface area contributed by atoms with E-state index in [-0.39, 0.29) is 4.83 Å². The Kier molecular flexibility index (Phi) is 4.29. The molecule has 0 aliphatic rings. The predicted molar refractivity (Wildman–Crippen MR) is 81.1 cm³/mol. The molecule has 0 saturated heterocycles. The van der Waals surface area contributed by atoms with Gasteiger partial charge in [0.15, 0.2) is 0 Å². The summed E-state index contributed by atoms with van der Waals surface area (Å²) in [5, 5.41) is 0.742. The SMILES string of the molecule is Cc1ccc(C(Br)c2cc(Cl)cc(Br)c2)cc1. The van der Waals surface area contributed by atoms with E-state index in [1.165, 1.54) is 11.1 Å². The van der Waals surface area contributed by atoms with Crippen molar-refractivity contribution in [3.05, 3.63) is 68.7 Å². The summed E-state index contributed by atoms with van der Waals surface area (Å²) in [4.78, 5) is 0.165. The van der Waals surface area contributed by atoms with Crippen LogP contribution in [0.25, 0.3) is 0 Å². The molecule has 1 unspecified atom stereocenters. The van der Waals surface area contributed by atoms with Crippen LogP contribution in [0.4, 0.5) is 0 Å². The Labute approximate surface area is 123 Å². The van der Waals surface area contributed by atoms with Crippen molar-refractivity contribution in [2.24, 2.45) is 0 Å². The molecule has 2 aromatic carbocycles. The first-order chi connectivity index (χ1) is 8.06. The largest absolute Gasteiger partial charge is 0.0843 e. The second-order valence-electron chi connectivity index (χ2n) is 3.98. The zero-order valence-corrected chi connectivity index (χ0v) is 13.2. The highest BCUT2D eigenvalue weighted by molar-refractivity contribution is 9.10. The third-order valence-electron chi connectivity index (χ3n) is 2.55. The molecule has 0 spiro atoms. The van der Waals surface area contributed by atoms with Crippen molar-refractivity contribution in [2.45, 2.75) is 11.8 Å². The Hall–Kier alpha value is -0.310. The van der Waals surface area contributed by atoms with E-state index in [0.29, 0.717) is 0 Å². The fourth-order valence-corrected chi connectivity index (χ4v) is 3.11. The van der Waals surface area contributed by atoms with Crippen LogP contribution >= 0.6 is 43.5 Å². The fraction of sp³-hybridized carbons (Fsp3) is 0.143. The van der Waals surface area contributed by atoms with Gasteiger partial charge >= 0.3 is 0 Å². The number of aryl methyl sites for hydroxylation is 1. The molecular weight excluding hydrogens is 363 g/mol. The second-order valence-corrected chi connectivity index (χ2v) is 6.24. The number of benzene rings is 2. The molecule has 0 fully saturated rings. The van der Waals surface area contributed by atoms with Crippen LogP contribution in [0.5, 0.6) is 0 Å². The maximum Gasteiger partial charge on any atom is 0.0645 e. The van der Waals surface area contributed by atoms with Gasteiger partial charge in [0, 0.05) is 9.50 Å². The fourth-order valence-electron chi connectivity index (χ4n) is 1.65. The summed E-state index contributed by atoms with van der Waals surface area (Å²) in [6.45, 7) is 2.09. The van der Waals surface area contributed by atoms with Gasteiger partial charge in [0.1, 0.15) is 0 Å². The van der Waals surface area contributed by atoms with E-state index in [9.17, 15) is 0 Å². The Morgan fingerprint density at radius 3 is 2.24 bits per heavy atom. The molecule has 0 saturated carbocycles. The zero-order valence-electron chi connectivity index (χ0n) is 9.25. The summed E-state index contributed by atoms with van der Waals surface area (Å²) in [6, 6.07) is 14.4. The van der Waals surface area contributed by atoms with Crippen LogP contribution in [-0.2, 0) is 0 Å². The van der Waals surface area contributed by atoms with Crippen molar-refractivity contribution in [2.75, 3.05) is 0 Å². The average Bonchev–Trinajstić information content (AvgIpc) is 2.28. The normalized spacial score (nSPS) is 12.5. The van der Waals surface area contributed by atoms with Gasteiger partial charge in [0.2, 0.25) is 0 Å². The summed E-state index contributed by atoms with van der Waals surface area (Å²) >= 11 is 13.2. The Morgan fingerprint density at radius 1 is 1.00 bits per heavy atom. The Balaban J connectivity index is 2.36. The van der Waals surface area contributed by atoms with Gasteiger partial charge in [0.05, 0.1) is 4.83 Å². The van der Waals surface area contributed by atoms with E-state index in [0.717, 1.165) is 15.1 Å². The highest BCUT2D eigenvalue weighted by Gasteiger charge is 2.11. The molecular formula is C14H11Br2Cl. The van der Waals surface area contributed by atoms with E-state index in [4.69, 9.17) is 11.6 Å². The van der Waals surface area contributed by atoms with E-state index in [1.807, 2.05) is 12.1 Å². The lowest BCUT2D eigenvalue weighted by Gasteiger charge is -2.12. The third kappa shape index (κ3) is 3.34. The number of hydrogen-bond acceptors (Lipinski definition) is 0. The number of alkyl halides is 1. The molecule has 1 atom stereocenters. The van der Waals surface area contributed by atoms with Crippen molar-refractivity contribution in [3.63, 3.8) is 0 Å². The molecule has 3 heteroatoms. The van der Waals surface area contributed by atoms with E-state index in [2.05, 4.69) is 69.1 Å². The van der Waals surface area contributed by atoms with Crippen molar-refractivity contribution < 1.29 is 0 Å². The maximum absolute atomic E-state index is 6.06. The second kappa shape index (κ2) is 5.55. The monoisotopic (exact) mass is 372 g/mol. The highest BCUT2D eigenvalue weighted by Crippen LogP contribution is 2.34. The van der Waals surface area contributed by atoms with Crippen LogP contribution in [0.2, 0.25) is 5.02 Å². The first-order valence-corrected chi connectivity index (χ1v) is 7.31. The van der Waals surface area contributed by atoms with Gasteiger partial charge in [-0.2, -0.15) is 0 Å². The zero-order chi connectivity index (χ0) is 12.4. The minimum absolute atomic E-state index is 0.165. The lowest BCUT2D eigenvalue weighted by molar-refractivity contribution is 1.17. The van der Waals surface area contributed by atoms with Crippen LogP contribution in [-0.4, -0.2) is 0 Å². The van der Waals surface area contributed by atoms with Crippen LogP contribution in [0.1, 0.15) is 21.5 Å². The molecule has 0 N–H and O–H groups in total. The Bertz CT molecular complexity index is 500. The number of rotatable bonds is 2. The van der Waals surface area contributed by atoms with Crippen LogP contribution in [0.15, 0.2) is 46.9 Å². The molecule has 0 amide bonds. The molecule has 0 aliphatic heterocycles. The average molecular weight is 375 g/mol. The Morgan fingerprint density at radius 2 is 1.65 bits per heavy atom. The van der Waals surface area contributed by atoms with Gasteiger partial charge in [-0.1, -0.05) is 73.3 Å². The minimum Gasteiger partial charge on any atom is -0.0843 e. The summed E-state index contributed by atoms with van der Waals surface area (Å²) < 4.78 is 0.997. The molecule has 0 aromatic heterocycles. The third-order valence-corrected chi connectivity index (χ3v) is 4.28. The summed E-state index contributed by atoms with van der Waals surface area (Å²) in [6.07, 6.45) is 0. The molecule has 17 heavy (non-hydrogen) atoms. The number of hydrogen-bond donors (Lipinski definition) is 0. The smallest absolute Gasteiger partial charge is 0.0645 e. The van der Waals surface area contributed by atoms with Gasteiger partial charge < -0.3 is 0 Å². The van der Waals surface area contributed by atoms with Gasteiger partial charge in [0.25, 0.3) is 0 Å². The standard InChI is InChI=1S/C14H11Br2Cl/c1-9-2-4-10(5-3-9)14(16)11-6-12(15)8-13(17)7-11/h2-8,14H,1H3. The molecule has 88 valence electrons. The van der Waals surface area contributed by atoms with Crippen LogP contribution in [0.3, 0.4) is 0 Å². The van der Waals surface area contributed by atoms with Crippen molar-refractivity contribution in [1.29, 1.82) is 0 Å². The van der Waals surface area contributed by atoms with Gasteiger partial charge in [-0.25, -0.2) is 0 Å². The summed E-state index contributed by atoms with van der Waals surface area (Å²) in [7, 11) is 0. The molecule has 2 aromatic rings. The van der Waals surface area contributed by atoms with Crippen LogP contribution in [0, 0.1) is 6.92 Å². The lowest BCUT2D eigenvalue weighted by atomic mass is 10.0. The van der Waals surface area contributed by atoms with E-state index in [1.54, 1.807) is 0 Å². The summed E-state index contributed by atoms with van der Waals surface area (Å²) in [5.74, 6) is 0. The van der Waals surface area contributed by atoms with Crippen molar-refractivity contribution in [1.82, 2.24) is 0 Å². The van der Waals surface area contributed by atoms with Gasteiger partial charge in [-0.05, 0) is 36.2 Å². The topological polar surface area (TPSA) is 0 Å². The minimum atomic E-state index is 0.165. The molecule has 0 bridgehead atoms. The van der Waals surface area contributed by atoms with E-state index >= 15 is 0 Å². The summed E-state index contributed by atoms with van der Waals surface area (Å²) in [5.41, 5.74) is 3.64. The highest BCUT2D eigenvalue weighted by atomic mass is 79.9. The lowest BCUT2D eigenvalue weighted by Crippen LogP contribution is -1.93. The predicted octanol–water partition coefficient (Wildman–Crippen LogP) is 5.90. The van der Waals surface area contributed by atoms with Crippen molar-refractivity contribution >= 4 is 43.5 Å². The first-order valence-electron chi connectivity index (χ1n) is 5.23. The quantitative estimate of drug-likeness (QED) is 0.575. The van der Waals surface area contributed by atoms with Gasteiger partial charge in [-0.3, -0.25) is 0 Å². The van der Waals surface area contributed by atoms with Gasteiger partial charge in [-0.15, -0.1) is 0 Å².